The Hall–Kier alpha value is -0.980. The van der Waals surface area contributed by atoms with Gasteiger partial charge in [0.2, 0.25) is 0 Å². The molecule has 1 aliphatic heterocycles. The Labute approximate surface area is 126 Å². The lowest BCUT2D eigenvalue weighted by molar-refractivity contribution is -0.137. The summed E-state index contributed by atoms with van der Waals surface area (Å²) in [5, 5.41) is 3.04. The molecule has 0 aromatic heterocycles. The van der Waals surface area contributed by atoms with Gasteiger partial charge in [-0.05, 0) is 38.0 Å². The summed E-state index contributed by atoms with van der Waals surface area (Å²) in [5.41, 5.74) is 5.23. The topological polar surface area (TPSA) is 47.3 Å². The second-order valence-electron chi connectivity index (χ2n) is 5.28. The monoisotopic (exact) mass is 322 g/mol. The zero-order valence-corrected chi connectivity index (χ0v) is 12.3. The van der Waals surface area contributed by atoms with Gasteiger partial charge in [0, 0.05) is 17.3 Å². The summed E-state index contributed by atoms with van der Waals surface area (Å²) in [6.07, 6.45) is -2.62. The lowest BCUT2D eigenvalue weighted by atomic mass is 10.1. The number of hydrogen-bond acceptors (Lipinski definition) is 3. The van der Waals surface area contributed by atoms with E-state index in [-0.39, 0.29) is 29.8 Å². The summed E-state index contributed by atoms with van der Waals surface area (Å²) in [7, 11) is 0. The first-order chi connectivity index (χ1) is 9.79. The van der Waals surface area contributed by atoms with Crippen LogP contribution in [0.15, 0.2) is 18.2 Å². The molecule has 1 fully saturated rings. The molecule has 1 saturated heterocycles. The van der Waals surface area contributed by atoms with Gasteiger partial charge in [-0.25, -0.2) is 0 Å². The average molecular weight is 323 g/mol. The molecule has 0 spiro atoms. The molecule has 1 aliphatic rings. The van der Waals surface area contributed by atoms with E-state index in [0.29, 0.717) is 5.69 Å². The van der Waals surface area contributed by atoms with Crippen molar-refractivity contribution in [3.8, 4) is 0 Å². The summed E-state index contributed by atoms with van der Waals surface area (Å²) >= 11 is 5.76. The van der Waals surface area contributed by atoms with Gasteiger partial charge in [0.15, 0.2) is 0 Å². The number of rotatable bonds is 4. The van der Waals surface area contributed by atoms with Gasteiger partial charge in [-0.2, -0.15) is 13.2 Å². The molecule has 3 unspecified atom stereocenters. The van der Waals surface area contributed by atoms with Gasteiger partial charge in [-0.15, -0.1) is 0 Å². The van der Waals surface area contributed by atoms with Crippen molar-refractivity contribution < 1.29 is 17.9 Å². The molecule has 0 aliphatic carbocycles. The molecule has 21 heavy (non-hydrogen) atoms. The maximum atomic E-state index is 12.8. The van der Waals surface area contributed by atoms with Crippen molar-refractivity contribution in [3.63, 3.8) is 0 Å². The molecule has 1 heterocycles. The predicted octanol–water partition coefficient (Wildman–Crippen LogP) is 3.67. The summed E-state index contributed by atoms with van der Waals surface area (Å²) in [6.45, 7) is 2.24. The van der Waals surface area contributed by atoms with E-state index >= 15 is 0 Å². The van der Waals surface area contributed by atoms with E-state index in [0.717, 1.165) is 25.0 Å². The van der Waals surface area contributed by atoms with Gasteiger partial charge in [-0.1, -0.05) is 11.6 Å². The highest BCUT2D eigenvalue weighted by Gasteiger charge is 2.32. The average Bonchev–Trinajstić information content (AvgIpc) is 2.81. The van der Waals surface area contributed by atoms with Crippen LogP contribution in [0.1, 0.15) is 25.3 Å². The zero-order chi connectivity index (χ0) is 15.6. The Balaban J connectivity index is 2.16. The third kappa shape index (κ3) is 4.25. The van der Waals surface area contributed by atoms with E-state index in [2.05, 4.69) is 5.32 Å². The van der Waals surface area contributed by atoms with Crippen LogP contribution in [-0.2, 0) is 10.9 Å². The van der Waals surface area contributed by atoms with Crippen molar-refractivity contribution in [2.75, 3.05) is 11.9 Å². The van der Waals surface area contributed by atoms with Crippen molar-refractivity contribution in [1.82, 2.24) is 0 Å². The predicted molar refractivity (Wildman–Crippen MR) is 76.5 cm³/mol. The highest BCUT2D eigenvalue weighted by atomic mass is 35.5. The molecule has 118 valence electrons. The lowest BCUT2D eigenvalue weighted by Crippen LogP contribution is -2.40. The quantitative estimate of drug-likeness (QED) is 0.889. The highest BCUT2D eigenvalue weighted by molar-refractivity contribution is 6.30. The van der Waals surface area contributed by atoms with Crippen LogP contribution in [0.5, 0.6) is 0 Å². The molecule has 3 N–H and O–H groups in total. The highest BCUT2D eigenvalue weighted by Crippen LogP contribution is 2.34. The van der Waals surface area contributed by atoms with E-state index in [4.69, 9.17) is 22.1 Å². The Morgan fingerprint density at radius 1 is 1.38 bits per heavy atom. The first kappa shape index (κ1) is 16.4. The molecule has 0 bridgehead atoms. The van der Waals surface area contributed by atoms with Crippen LogP contribution >= 0.6 is 11.6 Å². The van der Waals surface area contributed by atoms with Crippen molar-refractivity contribution in [1.29, 1.82) is 0 Å². The van der Waals surface area contributed by atoms with Crippen molar-refractivity contribution >= 4 is 17.3 Å². The van der Waals surface area contributed by atoms with Crippen molar-refractivity contribution in [2.45, 2.75) is 44.2 Å². The van der Waals surface area contributed by atoms with Gasteiger partial charge in [0.25, 0.3) is 0 Å². The molecule has 0 amide bonds. The number of benzene rings is 1. The molecule has 7 heteroatoms. The third-order valence-electron chi connectivity index (χ3n) is 3.54. The number of ether oxygens (including phenoxy) is 1. The first-order valence-corrected chi connectivity index (χ1v) is 7.17. The fourth-order valence-electron chi connectivity index (χ4n) is 2.48. The van der Waals surface area contributed by atoms with E-state index in [9.17, 15) is 13.2 Å². The number of nitrogens with one attached hydrogen (secondary N) is 1. The van der Waals surface area contributed by atoms with Crippen molar-refractivity contribution in [2.24, 2.45) is 5.73 Å². The fourth-order valence-corrected chi connectivity index (χ4v) is 2.72. The molecular weight excluding hydrogens is 305 g/mol. The van der Waals surface area contributed by atoms with Crippen molar-refractivity contribution in [3.05, 3.63) is 28.8 Å². The normalized spacial score (nSPS) is 24.1. The van der Waals surface area contributed by atoms with Gasteiger partial charge in [0.05, 0.1) is 23.8 Å². The second-order valence-corrected chi connectivity index (χ2v) is 5.71. The maximum absolute atomic E-state index is 12.8. The third-order valence-corrected chi connectivity index (χ3v) is 3.76. The van der Waals surface area contributed by atoms with Gasteiger partial charge >= 0.3 is 6.18 Å². The fraction of sp³-hybridized carbons (Fsp3) is 0.571. The van der Waals surface area contributed by atoms with Crippen LogP contribution in [0.25, 0.3) is 0 Å². The minimum atomic E-state index is -4.43. The zero-order valence-electron chi connectivity index (χ0n) is 11.6. The molecular formula is C14H18ClF3N2O. The first-order valence-electron chi connectivity index (χ1n) is 6.79. The SMILES string of the molecule is CC1CCC(C(CN)Nc2cc(Cl)cc(C(F)(F)F)c2)O1. The maximum Gasteiger partial charge on any atom is 0.416 e. The van der Waals surface area contributed by atoms with E-state index < -0.39 is 11.7 Å². The van der Waals surface area contributed by atoms with Crippen LogP contribution in [0.3, 0.4) is 0 Å². The van der Waals surface area contributed by atoms with E-state index in [1.807, 2.05) is 6.92 Å². The summed E-state index contributed by atoms with van der Waals surface area (Å²) < 4.78 is 44.1. The number of halogens is 4. The Morgan fingerprint density at radius 3 is 2.62 bits per heavy atom. The van der Waals surface area contributed by atoms with Gasteiger partial charge in [-0.3, -0.25) is 0 Å². The molecule has 1 aromatic rings. The van der Waals surface area contributed by atoms with Crippen LogP contribution in [0.4, 0.5) is 18.9 Å². The Kier molecular flexibility index (Phi) is 5.01. The van der Waals surface area contributed by atoms with Gasteiger partial charge in [0.1, 0.15) is 0 Å². The summed E-state index contributed by atoms with van der Waals surface area (Å²) in [5.74, 6) is 0. The molecule has 3 nitrogen and oxygen atoms in total. The molecule has 2 rings (SSSR count). The largest absolute Gasteiger partial charge is 0.416 e. The van der Waals surface area contributed by atoms with Gasteiger partial charge < -0.3 is 15.8 Å². The van der Waals surface area contributed by atoms with E-state index in [1.54, 1.807) is 0 Å². The van der Waals surface area contributed by atoms with Crippen LogP contribution < -0.4 is 11.1 Å². The number of anilines is 1. The molecule has 0 saturated carbocycles. The van der Waals surface area contributed by atoms with E-state index in [1.165, 1.54) is 6.07 Å². The van der Waals surface area contributed by atoms with Crippen LogP contribution in [-0.4, -0.2) is 24.8 Å². The Bertz CT molecular complexity index is 496. The minimum Gasteiger partial charge on any atom is -0.378 e. The van der Waals surface area contributed by atoms with Crippen LogP contribution in [0.2, 0.25) is 5.02 Å². The molecule has 0 radical (unpaired) electrons. The lowest BCUT2D eigenvalue weighted by Gasteiger charge is -2.25. The standard InChI is InChI=1S/C14H18ClF3N2O/c1-8-2-3-13(21-8)12(7-19)20-11-5-9(14(16,17)18)4-10(15)6-11/h4-6,8,12-13,20H,2-3,7,19H2,1H3. The minimum absolute atomic E-state index is 0.0313. The molecule has 3 atom stereocenters. The smallest absolute Gasteiger partial charge is 0.378 e. The summed E-state index contributed by atoms with van der Waals surface area (Å²) in [6, 6.07) is 3.15. The van der Waals surface area contributed by atoms with Crippen LogP contribution in [0, 0.1) is 0 Å². The molecule has 1 aromatic carbocycles. The summed E-state index contributed by atoms with van der Waals surface area (Å²) in [4.78, 5) is 0. The second kappa shape index (κ2) is 6.42. The Morgan fingerprint density at radius 2 is 2.10 bits per heavy atom. The number of nitrogens with two attached hydrogens (primary N) is 1. The number of alkyl halides is 3. The number of hydrogen-bond donors (Lipinski definition) is 2.